The Morgan fingerprint density at radius 3 is 2.20 bits per heavy atom. The summed E-state index contributed by atoms with van der Waals surface area (Å²) in [4.78, 5) is 0. The smallest absolute Gasteiger partial charge is 0.203 e. The molecule has 0 amide bonds. The van der Waals surface area contributed by atoms with E-state index in [0.717, 1.165) is 4.34 Å². The maximum atomic E-state index is 5.29. The van der Waals surface area contributed by atoms with Crippen molar-refractivity contribution >= 4 is 28.2 Å². The first-order valence-corrected chi connectivity index (χ1v) is 5.00. The summed E-state index contributed by atoms with van der Waals surface area (Å²) in [6.45, 7) is 4.00. The number of nitrogens with zero attached hydrogens (tertiary/aromatic N) is 2. The van der Waals surface area contributed by atoms with Gasteiger partial charge in [0.25, 0.3) is 0 Å². The molecule has 0 aliphatic rings. The lowest BCUT2D eigenvalue weighted by Gasteiger charge is -1.75. The van der Waals surface area contributed by atoms with Gasteiger partial charge in [0.1, 0.15) is 0 Å². The fourth-order valence-electron chi connectivity index (χ4n) is 0.303. The molecule has 5 heteroatoms. The molecule has 1 aromatic rings. The van der Waals surface area contributed by atoms with Crippen molar-refractivity contribution in [2.45, 2.75) is 18.2 Å². The Hall–Kier alpha value is -0.290. The lowest BCUT2D eigenvalue weighted by molar-refractivity contribution is 1.02. The molecule has 3 nitrogen and oxygen atoms in total. The lowest BCUT2D eigenvalue weighted by Crippen LogP contribution is -1.79. The van der Waals surface area contributed by atoms with Crippen molar-refractivity contribution < 1.29 is 0 Å². The summed E-state index contributed by atoms with van der Waals surface area (Å²) in [5.41, 5.74) is 5.29. The van der Waals surface area contributed by atoms with Gasteiger partial charge in [0, 0.05) is 0 Å². The molecule has 2 N–H and O–H groups in total. The Morgan fingerprint density at radius 2 is 2.00 bits per heavy atom. The zero-order chi connectivity index (χ0) is 7.98. The third-order valence-electron chi connectivity index (χ3n) is 0.597. The molecule has 0 aliphatic carbocycles. The van der Waals surface area contributed by atoms with Gasteiger partial charge in [-0.1, -0.05) is 36.9 Å². The largest absolute Gasteiger partial charge is 0.374 e. The van der Waals surface area contributed by atoms with Crippen LogP contribution >= 0.6 is 23.1 Å². The number of hydrogen-bond acceptors (Lipinski definition) is 5. The van der Waals surface area contributed by atoms with Crippen LogP contribution in [0.15, 0.2) is 4.34 Å². The van der Waals surface area contributed by atoms with E-state index in [-0.39, 0.29) is 0 Å². The van der Waals surface area contributed by atoms with Gasteiger partial charge >= 0.3 is 0 Å². The molecule has 58 valence electrons. The van der Waals surface area contributed by atoms with Crippen LogP contribution in [0.4, 0.5) is 5.13 Å². The second kappa shape index (κ2) is 5.49. The first kappa shape index (κ1) is 9.71. The molecule has 0 aromatic carbocycles. The highest BCUT2D eigenvalue weighted by Crippen LogP contribution is 2.19. The molecule has 0 saturated heterocycles. The van der Waals surface area contributed by atoms with Gasteiger partial charge in [-0.15, -0.1) is 10.2 Å². The molecule has 10 heavy (non-hydrogen) atoms. The van der Waals surface area contributed by atoms with Crippen molar-refractivity contribution in [3.8, 4) is 0 Å². The van der Waals surface area contributed by atoms with Gasteiger partial charge in [0.15, 0.2) is 4.34 Å². The van der Waals surface area contributed by atoms with E-state index >= 15 is 0 Å². The second-order valence-electron chi connectivity index (χ2n) is 1.11. The average molecular weight is 177 g/mol. The summed E-state index contributed by atoms with van der Waals surface area (Å²) < 4.78 is 0.919. The topological polar surface area (TPSA) is 51.8 Å². The number of hydrogen-bond donors (Lipinski definition) is 1. The van der Waals surface area contributed by atoms with E-state index in [9.17, 15) is 0 Å². The van der Waals surface area contributed by atoms with Gasteiger partial charge in [0.05, 0.1) is 0 Å². The molecule has 0 saturated carbocycles. The molecule has 0 radical (unpaired) electrons. The van der Waals surface area contributed by atoms with Crippen molar-refractivity contribution in [1.82, 2.24) is 10.2 Å². The van der Waals surface area contributed by atoms with E-state index in [1.54, 1.807) is 11.8 Å². The number of anilines is 1. The van der Waals surface area contributed by atoms with Gasteiger partial charge in [-0.25, -0.2) is 0 Å². The standard InChI is InChI=1S/C3H5N3S2.C2H6/c1-7-3-6-5-2(4)8-3;1-2/h1H3,(H2,4,5);1-2H3. The molecule has 0 unspecified atom stereocenters. The maximum Gasteiger partial charge on any atom is 0.203 e. The fraction of sp³-hybridized carbons (Fsp3) is 0.600. The van der Waals surface area contributed by atoms with Crippen LogP contribution in [0.1, 0.15) is 13.8 Å². The van der Waals surface area contributed by atoms with E-state index in [0.29, 0.717) is 5.13 Å². The predicted molar refractivity (Wildman–Crippen MR) is 47.5 cm³/mol. The molecular formula is C5H11N3S2. The highest BCUT2D eigenvalue weighted by Gasteiger charge is 1.94. The zero-order valence-corrected chi connectivity index (χ0v) is 7.92. The zero-order valence-electron chi connectivity index (χ0n) is 6.29. The third kappa shape index (κ3) is 3.03. The third-order valence-corrected chi connectivity index (χ3v) is 2.32. The monoisotopic (exact) mass is 177 g/mol. The molecule has 0 fully saturated rings. The number of nitrogen functional groups attached to an aromatic ring is 1. The minimum absolute atomic E-state index is 0.536. The summed E-state index contributed by atoms with van der Waals surface area (Å²) in [6.07, 6.45) is 1.94. The highest BCUT2D eigenvalue weighted by molar-refractivity contribution is 8.00. The summed E-state index contributed by atoms with van der Waals surface area (Å²) in [5.74, 6) is 0. The summed E-state index contributed by atoms with van der Waals surface area (Å²) >= 11 is 2.96. The van der Waals surface area contributed by atoms with Crippen LogP contribution in [0.3, 0.4) is 0 Å². The van der Waals surface area contributed by atoms with Gasteiger partial charge in [-0.05, 0) is 6.26 Å². The van der Waals surface area contributed by atoms with Crippen LogP contribution in [-0.2, 0) is 0 Å². The summed E-state index contributed by atoms with van der Waals surface area (Å²) in [5, 5.41) is 7.89. The highest BCUT2D eigenvalue weighted by atomic mass is 32.2. The first-order valence-electron chi connectivity index (χ1n) is 2.96. The van der Waals surface area contributed by atoms with Crippen molar-refractivity contribution in [2.75, 3.05) is 12.0 Å². The predicted octanol–water partition coefficient (Wildman–Crippen LogP) is 1.87. The molecule has 1 heterocycles. The van der Waals surface area contributed by atoms with E-state index in [1.807, 2.05) is 20.1 Å². The van der Waals surface area contributed by atoms with Crippen LogP contribution in [0.25, 0.3) is 0 Å². The number of nitrogens with two attached hydrogens (primary N) is 1. The lowest BCUT2D eigenvalue weighted by atomic mass is 11.0. The average Bonchev–Trinajstić information content (AvgIpc) is 2.40. The Kier molecular flexibility index (Phi) is 5.33. The molecule has 0 bridgehead atoms. The van der Waals surface area contributed by atoms with Crippen LogP contribution in [-0.4, -0.2) is 16.5 Å². The first-order chi connectivity index (χ1) is 4.83. The van der Waals surface area contributed by atoms with Crippen LogP contribution in [0.5, 0.6) is 0 Å². The Morgan fingerprint density at radius 1 is 1.40 bits per heavy atom. The molecule has 1 aromatic heterocycles. The van der Waals surface area contributed by atoms with Crippen LogP contribution in [0.2, 0.25) is 0 Å². The Bertz CT molecular complexity index is 175. The van der Waals surface area contributed by atoms with Crippen molar-refractivity contribution in [3.05, 3.63) is 0 Å². The van der Waals surface area contributed by atoms with Gasteiger partial charge < -0.3 is 5.73 Å². The second-order valence-corrected chi connectivity index (χ2v) is 3.17. The number of aromatic nitrogens is 2. The summed E-state index contributed by atoms with van der Waals surface area (Å²) in [7, 11) is 0. The van der Waals surface area contributed by atoms with E-state index in [2.05, 4.69) is 10.2 Å². The Balaban J connectivity index is 0.000000371. The molecule has 0 aliphatic heterocycles. The molecule has 0 atom stereocenters. The number of thioether (sulfide) groups is 1. The van der Waals surface area contributed by atoms with Gasteiger partial charge in [-0.2, -0.15) is 0 Å². The minimum Gasteiger partial charge on any atom is -0.374 e. The van der Waals surface area contributed by atoms with Gasteiger partial charge in [-0.3, -0.25) is 0 Å². The van der Waals surface area contributed by atoms with E-state index in [1.165, 1.54) is 11.3 Å². The Labute approximate surface area is 69.0 Å². The SMILES string of the molecule is CC.CSc1nnc(N)s1. The molecular weight excluding hydrogens is 166 g/mol. The maximum absolute atomic E-state index is 5.29. The quantitative estimate of drug-likeness (QED) is 0.665. The number of rotatable bonds is 1. The molecule has 0 spiro atoms. The van der Waals surface area contributed by atoms with Gasteiger partial charge in [0.2, 0.25) is 5.13 Å². The normalized spacial score (nSPS) is 8.30. The van der Waals surface area contributed by atoms with E-state index < -0.39 is 0 Å². The van der Waals surface area contributed by atoms with Crippen molar-refractivity contribution in [2.24, 2.45) is 0 Å². The summed E-state index contributed by atoms with van der Waals surface area (Å²) in [6, 6.07) is 0. The minimum atomic E-state index is 0.536. The van der Waals surface area contributed by atoms with Crippen LogP contribution < -0.4 is 5.73 Å². The van der Waals surface area contributed by atoms with Crippen molar-refractivity contribution in [3.63, 3.8) is 0 Å². The molecule has 1 rings (SSSR count). The fourth-order valence-corrected chi connectivity index (χ4v) is 1.36. The van der Waals surface area contributed by atoms with E-state index in [4.69, 9.17) is 5.73 Å². The van der Waals surface area contributed by atoms with Crippen LogP contribution in [0, 0.1) is 0 Å². The van der Waals surface area contributed by atoms with Crippen molar-refractivity contribution in [1.29, 1.82) is 0 Å².